The number of thiophene rings is 1. The zero-order chi connectivity index (χ0) is 17.6. The molecule has 0 saturated carbocycles. The van der Waals surface area contributed by atoms with Gasteiger partial charge in [-0.1, -0.05) is 29.3 Å². The number of carbonyl (C=O) groups excluding carboxylic acids is 1. The van der Waals surface area contributed by atoms with Crippen LogP contribution in [0.4, 0.5) is 5.82 Å². The van der Waals surface area contributed by atoms with Crippen LogP contribution < -0.4 is 5.32 Å². The van der Waals surface area contributed by atoms with E-state index in [2.05, 4.69) is 21.4 Å². The topological polar surface area (TPSA) is 54.9 Å². The molecule has 0 spiro atoms. The number of benzene rings is 1. The molecule has 3 aromatic heterocycles. The maximum absolute atomic E-state index is 12.6. The highest BCUT2D eigenvalue weighted by Crippen LogP contribution is 2.36. The van der Waals surface area contributed by atoms with Crippen molar-refractivity contribution in [2.75, 3.05) is 5.32 Å². The number of aryl methyl sites for hydroxylation is 2. The quantitative estimate of drug-likeness (QED) is 0.485. The summed E-state index contributed by atoms with van der Waals surface area (Å²) < 4.78 is 0.973. The van der Waals surface area contributed by atoms with E-state index in [1.807, 2.05) is 38.1 Å². The average Bonchev–Trinajstić information content (AvgIpc) is 3.02. The van der Waals surface area contributed by atoms with E-state index >= 15 is 0 Å². The van der Waals surface area contributed by atoms with Gasteiger partial charge in [0.15, 0.2) is 0 Å². The van der Waals surface area contributed by atoms with E-state index in [1.165, 1.54) is 11.3 Å². The van der Waals surface area contributed by atoms with Crippen LogP contribution in [0.5, 0.6) is 0 Å². The zero-order valence-electron chi connectivity index (χ0n) is 13.6. The van der Waals surface area contributed by atoms with Gasteiger partial charge in [0.1, 0.15) is 11.0 Å². The van der Waals surface area contributed by atoms with Crippen molar-refractivity contribution in [2.24, 2.45) is 0 Å². The second-order valence-corrected chi connectivity index (χ2v) is 7.31. The van der Waals surface area contributed by atoms with Crippen LogP contribution in [0.2, 0.25) is 5.15 Å². The van der Waals surface area contributed by atoms with Crippen LogP contribution in [0.15, 0.2) is 42.5 Å². The van der Waals surface area contributed by atoms with Gasteiger partial charge in [-0.25, -0.2) is 9.97 Å². The number of anilines is 1. The Morgan fingerprint density at radius 2 is 1.92 bits per heavy atom. The molecule has 25 heavy (non-hydrogen) atoms. The molecular formula is C19H14ClN3OS. The Bertz CT molecular complexity index is 1140. The van der Waals surface area contributed by atoms with E-state index in [1.54, 1.807) is 12.1 Å². The van der Waals surface area contributed by atoms with Crippen LogP contribution in [0, 0.1) is 13.8 Å². The van der Waals surface area contributed by atoms with Gasteiger partial charge >= 0.3 is 0 Å². The van der Waals surface area contributed by atoms with Crippen LogP contribution in [0.3, 0.4) is 0 Å². The smallest absolute Gasteiger partial charge is 0.266 e. The van der Waals surface area contributed by atoms with Crippen LogP contribution in [-0.2, 0) is 0 Å². The maximum atomic E-state index is 12.6. The molecule has 4 aromatic rings. The number of fused-ring (bicyclic) bond motifs is 3. The normalized spacial score (nSPS) is 11.2. The monoisotopic (exact) mass is 367 g/mol. The number of carbonyl (C=O) groups is 1. The predicted molar refractivity (Wildman–Crippen MR) is 104 cm³/mol. The Morgan fingerprint density at radius 1 is 1.08 bits per heavy atom. The Labute approximate surface area is 153 Å². The highest BCUT2D eigenvalue weighted by Gasteiger charge is 2.16. The lowest BCUT2D eigenvalue weighted by atomic mass is 10.1. The van der Waals surface area contributed by atoms with Crippen molar-refractivity contribution in [3.8, 4) is 0 Å². The molecular weight excluding hydrogens is 354 g/mol. The van der Waals surface area contributed by atoms with Crippen molar-refractivity contribution >= 4 is 55.7 Å². The molecule has 0 fully saturated rings. The van der Waals surface area contributed by atoms with Crippen molar-refractivity contribution < 1.29 is 4.79 Å². The van der Waals surface area contributed by atoms with Gasteiger partial charge < -0.3 is 5.32 Å². The molecule has 0 aliphatic heterocycles. The molecule has 4 nitrogen and oxygen atoms in total. The number of halogens is 1. The van der Waals surface area contributed by atoms with Gasteiger partial charge in [-0.15, -0.1) is 11.3 Å². The number of nitrogens with one attached hydrogen (secondary N) is 1. The van der Waals surface area contributed by atoms with Gasteiger partial charge in [0, 0.05) is 21.2 Å². The van der Waals surface area contributed by atoms with E-state index < -0.39 is 0 Å². The average molecular weight is 368 g/mol. The third-order valence-electron chi connectivity index (χ3n) is 3.92. The summed E-state index contributed by atoms with van der Waals surface area (Å²) in [5.41, 5.74) is 2.82. The van der Waals surface area contributed by atoms with Crippen LogP contribution in [0.1, 0.15) is 20.9 Å². The number of pyridine rings is 2. The minimum Gasteiger partial charge on any atom is -0.306 e. The molecule has 4 rings (SSSR count). The first-order valence-corrected chi connectivity index (χ1v) is 8.95. The first-order chi connectivity index (χ1) is 12.0. The highest BCUT2D eigenvalue weighted by atomic mass is 35.5. The Balaban J connectivity index is 1.80. The van der Waals surface area contributed by atoms with Crippen molar-refractivity contribution in [2.45, 2.75) is 13.8 Å². The van der Waals surface area contributed by atoms with E-state index in [9.17, 15) is 4.79 Å². The Hall–Kier alpha value is -2.50. The SMILES string of the molecule is Cc1ccc2nc(Cl)c3cc(C(=O)Nc4cccc(C)n4)sc3c2c1. The molecule has 3 heterocycles. The minimum atomic E-state index is -0.198. The van der Waals surface area contributed by atoms with Gasteiger partial charge in [-0.2, -0.15) is 0 Å². The fourth-order valence-electron chi connectivity index (χ4n) is 2.74. The number of aromatic nitrogens is 2. The number of hydrogen-bond donors (Lipinski definition) is 1. The lowest BCUT2D eigenvalue weighted by molar-refractivity contribution is 0.103. The molecule has 0 unspecified atom stereocenters. The molecule has 0 saturated heterocycles. The van der Waals surface area contributed by atoms with Crippen molar-refractivity contribution in [1.29, 1.82) is 0 Å². The van der Waals surface area contributed by atoms with E-state index in [0.717, 1.165) is 32.2 Å². The van der Waals surface area contributed by atoms with Crippen LogP contribution in [0.25, 0.3) is 21.0 Å². The molecule has 0 aliphatic carbocycles. The summed E-state index contributed by atoms with van der Waals surface area (Å²) >= 11 is 7.74. The fraction of sp³-hybridized carbons (Fsp3) is 0.105. The van der Waals surface area contributed by atoms with Crippen LogP contribution in [-0.4, -0.2) is 15.9 Å². The standard InChI is InChI=1S/C19H14ClN3OS/c1-10-6-7-14-12(8-10)17-13(18(20)22-14)9-15(25-17)19(24)23-16-5-3-4-11(2)21-16/h3-9H,1-2H3,(H,21,23,24). The molecule has 124 valence electrons. The number of rotatable bonds is 2. The third-order valence-corrected chi connectivity index (χ3v) is 5.38. The molecule has 0 radical (unpaired) electrons. The summed E-state index contributed by atoms with van der Waals surface area (Å²) in [6.45, 7) is 3.92. The van der Waals surface area contributed by atoms with E-state index in [-0.39, 0.29) is 5.91 Å². The summed E-state index contributed by atoms with van der Waals surface area (Å²) in [4.78, 5) is 21.9. The summed E-state index contributed by atoms with van der Waals surface area (Å²) in [5.74, 6) is 0.337. The summed E-state index contributed by atoms with van der Waals surface area (Å²) in [6, 6.07) is 13.3. The minimum absolute atomic E-state index is 0.198. The van der Waals surface area contributed by atoms with Gasteiger partial charge in [-0.05, 0) is 44.2 Å². The van der Waals surface area contributed by atoms with Gasteiger partial charge in [0.05, 0.1) is 10.4 Å². The second-order valence-electron chi connectivity index (χ2n) is 5.89. The van der Waals surface area contributed by atoms with E-state index in [0.29, 0.717) is 15.8 Å². The molecule has 1 aromatic carbocycles. The first kappa shape index (κ1) is 16.0. The summed E-state index contributed by atoms with van der Waals surface area (Å²) in [7, 11) is 0. The molecule has 1 N–H and O–H groups in total. The Kier molecular flexibility index (Phi) is 3.90. The fourth-order valence-corrected chi connectivity index (χ4v) is 4.12. The van der Waals surface area contributed by atoms with Crippen molar-refractivity contribution in [1.82, 2.24) is 9.97 Å². The molecule has 0 bridgehead atoms. The molecule has 0 atom stereocenters. The number of hydrogen-bond acceptors (Lipinski definition) is 4. The van der Waals surface area contributed by atoms with Crippen LogP contribution >= 0.6 is 22.9 Å². The van der Waals surface area contributed by atoms with Gasteiger partial charge in [0.2, 0.25) is 0 Å². The zero-order valence-corrected chi connectivity index (χ0v) is 15.2. The third kappa shape index (κ3) is 2.97. The molecule has 0 aliphatic rings. The van der Waals surface area contributed by atoms with Gasteiger partial charge in [-0.3, -0.25) is 4.79 Å². The predicted octanol–water partition coefficient (Wildman–Crippen LogP) is 5.37. The van der Waals surface area contributed by atoms with Gasteiger partial charge in [0.25, 0.3) is 5.91 Å². The summed E-state index contributed by atoms with van der Waals surface area (Å²) in [5, 5.41) is 5.06. The second kappa shape index (κ2) is 6.10. The number of nitrogens with zero attached hydrogens (tertiary/aromatic N) is 2. The lowest BCUT2D eigenvalue weighted by Gasteiger charge is -2.02. The largest absolute Gasteiger partial charge is 0.306 e. The van der Waals surface area contributed by atoms with E-state index in [4.69, 9.17) is 11.6 Å². The maximum Gasteiger partial charge on any atom is 0.266 e. The van der Waals surface area contributed by atoms with Crippen molar-refractivity contribution in [3.05, 3.63) is 63.8 Å². The lowest BCUT2D eigenvalue weighted by Crippen LogP contribution is -2.11. The molecule has 1 amide bonds. The summed E-state index contributed by atoms with van der Waals surface area (Å²) in [6.07, 6.45) is 0. The van der Waals surface area contributed by atoms with Crippen molar-refractivity contribution in [3.63, 3.8) is 0 Å². The first-order valence-electron chi connectivity index (χ1n) is 7.76. The Morgan fingerprint density at radius 3 is 2.72 bits per heavy atom. The number of amides is 1. The highest BCUT2D eigenvalue weighted by molar-refractivity contribution is 7.22. The molecule has 6 heteroatoms.